The number of carbonyl (C=O) groups excluding carboxylic acids is 3. The molecule has 0 aliphatic rings. The number of esters is 3. The van der Waals surface area contributed by atoms with Crippen molar-refractivity contribution in [1.82, 2.24) is 0 Å². The Labute approximate surface area is 457 Å². The molecule has 0 bridgehead atoms. The van der Waals surface area contributed by atoms with Crippen molar-refractivity contribution in [2.24, 2.45) is 0 Å². The zero-order chi connectivity index (χ0) is 53.6. The average molecular weight is 1030 g/mol. The van der Waals surface area contributed by atoms with Gasteiger partial charge in [-0.05, 0) is 103 Å². The van der Waals surface area contributed by atoms with Crippen molar-refractivity contribution in [1.29, 1.82) is 0 Å². The first kappa shape index (κ1) is 70.1. The normalized spacial score (nSPS) is 12.9. The van der Waals surface area contributed by atoms with Crippen molar-refractivity contribution in [3.8, 4) is 0 Å². The number of ether oxygens (including phenoxy) is 3. The number of rotatable bonds is 55. The van der Waals surface area contributed by atoms with Crippen molar-refractivity contribution >= 4 is 17.9 Å². The number of allylic oxidation sites excluding steroid dienone is 18. The Morgan fingerprint density at radius 2 is 0.527 bits per heavy atom. The molecule has 0 spiro atoms. The van der Waals surface area contributed by atoms with Crippen LogP contribution >= 0.6 is 0 Å². The highest BCUT2D eigenvalue weighted by Crippen LogP contribution is 2.16. The van der Waals surface area contributed by atoms with Crippen LogP contribution in [0.2, 0.25) is 0 Å². The second kappa shape index (κ2) is 61.6. The fourth-order valence-corrected chi connectivity index (χ4v) is 8.46. The molecule has 1 unspecified atom stereocenters. The summed E-state index contributed by atoms with van der Waals surface area (Å²) in [5, 5.41) is 0. The minimum absolute atomic E-state index is 0.0928. The second-order valence-electron chi connectivity index (χ2n) is 20.2. The van der Waals surface area contributed by atoms with Gasteiger partial charge in [0, 0.05) is 19.3 Å². The van der Waals surface area contributed by atoms with Crippen LogP contribution in [-0.4, -0.2) is 37.2 Å². The minimum Gasteiger partial charge on any atom is -0.462 e. The zero-order valence-corrected chi connectivity index (χ0v) is 48.3. The highest BCUT2D eigenvalue weighted by atomic mass is 16.6. The highest BCUT2D eigenvalue weighted by Gasteiger charge is 2.19. The molecule has 0 N–H and O–H groups in total. The van der Waals surface area contributed by atoms with Crippen LogP contribution in [0.1, 0.15) is 284 Å². The van der Waals surface area contributed by atoms with E-state index in [4.69, 9.17) is 14.2 Å². The van der Waals surface area contributed by atoms with E-state index in [-0.39, 0.29) is 37.5 Å². The van der Waals surface area contributed by atoms with Crippen LogP contribution in [-0.2, 0) is 28.6 Å². The summed E-state index contributed by atoms with van der Waals surface area (Å²) in [6.07, 6.45) is 83.9. The zero-order valence-electron chi connectivity index (χ0n) is 48.3. The van der Waals surface area contributed by atoms with Gasteiger partial charge in [0.1, 0.15) is 13.2 Å². The molecule has 6 nitrogen and oxygen atoms in total. The molecule has 0 rings (SSSR count). The molecular weight excluding hydrogens is 913 g/mol. The number of hydrogen-bond acceptors (Lipinski definition) is 6. The summed E-state index contributed by atoms with van der Waals surface area (Å²) >= 11 is 0. The van der Waals surface area contributed by atoms with E-state index >= 15 is 0 Å². The van der Waals surface area contributed by atoms with Crippen LogP contribution in [0.3, 0.4) is 0 Å². The summed E-state index contributed by atoms with van der Waals surface area (Å²) in [6.45, 7) is 6.39. The Kier molecular flexibility index (Phi) is 58.3. The molecule has 0 saturated carbocycles. The van der Waals surface area contributed by atoms with E-state index in [2.05, 4.69) is 130 Å². The lowest BCUT2D eigenvalue weighted by Crippen LogP contribution is -2.30. The fourth-order valence-electron chi connectivity index (χ4n) is 8.46. The highest BCUT2D eigenvalue weighted by molar-refractivity contribution is 5.71. The van der Waals surface area contributed by atoms with Gasteiger partial charge >= 0.3 is 17.9 Å². The van der Waals surface area contributed by atoms with Gasteiger partial charge in [-0.25, -0.2) is 0 Å². The Morgan fingerprint density at radius 3 is 0.851 bits per heavy atom. The van der Waals surface area contributed by atoms with Gasteiger partial charge in [0.05, 0.1) is 0 Å². The smallest absolute Gasteiger partial charge is 0.306 e. The lowest BCUT2D eigenvalue weighted by molar-refractivity contribution is -0.167. The van der Waals surface area contributed by atoms with Gasteiger partial charge in [-0.15, -0.1) is 0 Å². The van der Waals surface area contributed by atoms with Gasteiger partial charge in [-0.2, -0.15) is 0 Å². The molecule has 0 aromatic carbocycles. The minimum atomic E-state index is -0.799. The Bertz CT molecular complexity index is 1510. The van der Waals surface area contributed by atoms with E-state index in [1.165, 1.54) is 128 Å². The second-order valence-corrected chi connectivity index (χ2v) is 20.2. The lowest BCUT2D eigenvalue weighted by atomic mass is 10.0. The quantitative estimate of drug-likeness (QED) is 0.0261. The molecule has 6 heteroatoms. The van der Waals surface area contributed by atoms with Gasteiger partial charge in [0.25, 0.3) is 0 Å². The first-order valence-electron chi connectivity index (χ1n) is 30.9. The molecular formula is C68H114O6. The van der Waals surface area contributed by atoms with Crippen molar-refractivity contribution in [3.63, 3.8) is 0 Å². The van der Waals surface area contributed by atoms with Crippen LogP contribution in [0.4, 0.5) is 0 Å². The van der Waals surface area contributed by atoms with Gasteiger partial charge in [0.2, 0.25) is 0 Å². The lowest BCUT2D eigenvalue weighted by Gasteiger charge is -2.18. The van der Waals surface area contributed by atoms with Gasteiger partial charge < -0.3 is 14.2 Å². The third-order valence-corrected chi connectivity index (χ3v) is 13.0. The summed E-state index contributed by atoms with van der Waals surface area (Å²) in [4.78, 5) is 38.2. The van der Waals surface area contributed by atoms with Crippen molar-refractivity contribution in [2.45, 2.75) is 290 Å². The van der Waals surface area contributed by atoms with Gasteiger partial charge in [0.15, 0.2) is 6.10 Å². The topological polar surface area (TPSA) is 78.9 Å². The maximum Gasteiger partial charge on any atom is 0.306 e. The molecule has 74 heavy (non-hydrogen) atoms. The van der Waals surface area contributed by atoms with Crippen molar-refractivity contribution in [2.75, 3.05) is 13.2 Å². The number of unbranched alkanes of at least 4 members (excludes halogenated alkanes) is 26. The molecule has 0 radical (unpaired) electrons. The molecule has 0 aromatic rings. The van der Waals surface area contributed by atoms with Crippen LogP contribution in [0, 0.1) is 0 Å². The van der Waals surface area contributed by atoms with Crippen LogP contribution in [0.5, 0.6) is 0 Å². The van der Waals surface area contributed by atoms with Crippen molar-refractivity contribution in [3.05, 3.63) is 109 Å². The van der Waals surface area contributed by atoms with E-state index in [0.29, 0.717) is 19.3 Å². The Hall–Kier alpha value is -3.93. The predicted molar refractivity (Wildman–Crippen MR) is 320 cm³/mol. The third kappa shape index (κ3) is 59.0. The Morgan fingerprint density at radius 1 is 0.284 bits per heavy atom. The summed E-state index contributed by atoms with van der Waals surface area (Å²) in [7, 11) is 0. The van der Waals surface area contributed by atoms with Gasteiger partial charge in [-0.1, -0.05) is 271 Å². The molecule has 0 amide bonds. The number of carbonyl (C=O) groups is 3. The van der Waals surface area contributed by atoms with E-state index < -0.39 is 6.10 Å². The standard InChI is InChI=1S/C68H114O6/c1-4-7-10-13-16-19-22-25-27-28-29-30-31-32-33-34-35-36-37-38-39-40-42-43-46-49-52-55-58-61-67(70)73-64-65(63-72-66(69)60-57-54-51-48-45-24-21-18-15-12-9-6-3)74-68(71)62-59-56-53-50-47-44-41-26-23-20-17-14-11-8-5-2/h7-8,10-11,16-17,19-20,25-27,29-30,32-33,41,47,50,65H,4-6,9,12-15,18,21-24,28,31,34-40,42-46,48-49,51-64H2,1-3H3/b10-7-,11-8-,19-16-,20-17-,27-25-,30-29-,33-32-,41-26-,50-47-. The molecule has 422 valence electrons. The predicted octanol–water partition coefficient (Wildman–Crippen LogP) is 21.0. The summed E-state index contributed by atoms with van der Waals surface area (Å²) in [6, 6.07) is 0. The Balaban J connectivity index is 4.26. The van der Waals surface area contributed by atoms with E-state index in [0.717, 1.165) is 109 Å². The summed E-state index contributed by atoms with van der Waals surface area (Å²) < 4.78 is 16.8. The molecule has 1 atom stereocenters. The summed E-state index contributed by atoms with van der Waals surface area (Å²) in [5.41, 5.74) is 0. The maximum atomic E-state index is 12.8. The molecule has 0 aliphatic heterocycles. The maximum absolute atomic E-state index is 12.8. The molecule has 0 fully saturated rings. The fraction of sp³-hybridized carbons (Fsp3) is 0.691. The monoisotopic (exact) mass is 1030 g/mol. The van der Waals surface area contributed by atoms with Crippen LogP contribution in [0.25, 0.3) is 0 Å². The number of hydrogen-bond donors (Lipinski definition) is 0. The molecule has 0 saturated heterocycles. The first-order valence-corrected chi connectivity index (χ1v) is 30.9. The van der Waals surface area contributed by atoms with E-state index in [1.807, 2.05) is 0 Å². The largest absolute Gasteiger partial charge is 0.462 e. The average Bonchev–Trinajstić information content (AvgIpc) is 3.40. The van der Waals surface area contributed by atoms with E-state index in [1.54, 1.807) is 0 Å². The molecule has 0 aliphatic carbocycles. The SMILES string of the molecule is CC/C=C\C/C=C\C/C=C\C/C=C\C/C=C\CCCCCCCCCCCCCCCC(=O)OCC(COC(=O)CCCCCCCCCCCCCC)OC(=O)CCCC/C=C\C/C=C\C/C=C\C/C=C\CC. The molecule has 0 aromatic heterocycles. The summed E-state index contributed by atoms with van der Waals surface area (Å²) in [5.74, 6) is -0.931. The van der Waals surface area contributed by atoms with Gasteiger partial charge in [-0.3, -0.25) is 14.4 Å². The van der Waals surface area contributed by atoms with Crippen LogP contribution < -0.4 is 0 Å². The van der Waals surface area contributed by atoms with Crippen molar-refractivity contribution < 1.29 is 28.6 Å². The third-order valence-electron chi connectivity index (χ3n) is 13.0. The van der Waals surface area contributed by atoms with E-state index in [9.17, 15) is 14.4 Å². The first-order chi connectivity index (χ1) is 36.5. The molecule has 0 heterocycles. The van der Waals surface area contributed by atoms with Crippen LogP contribution in [0.15, 0.2) is 109 Å².